The molecule has 0 radical (unpaired) electrons. The molecule has 1 aliphatic rings. The van der Waals surface area contributed by atoms with Crippen molar-refractivity contribution >= 4 is 10.0 Å². The van der Waals surface area contributed by atoms with Crippen LogP contribution in [0.5, 0.6) is 0 Å². The van der Waals surface area contributed by atoms with Crippen LogP contribution in [0.1, 0.15) is 39.5 Å². The molecule has 0 bridgehead atoms. The zero-order valence-corrected chi connectivity index (χ0v) is 13.3. The van der Waals surface area contributed by atoms with Gasteiger partial charge in [0.05, 0.1) is 31.2 Å². The maximum atomic E-state index is 11.6. The van der Waals surface area contributed by atoms with Gasteiger partial charge in [0.2, 0.25) is 10.0 Å². The first-order valence-corrected chi connectivity index (χ1v) is 9.00. The van der Waals surface area contributed by atoms with Crippen molar-refractivity contribution in [2.45, 2.75) is 57.8 Å². The van der Waals surface area contributed by atoms with Crippen LogP contribution in [0.15, 0.2) is 0 Å². The minimum absolute atomic E-state index is 0.0105. The van der Waals surface area contributed by atoms with Crippen molar-refractivity contribution in [2.24, 2.45) is 5.73 Å². The molecule has 3 N–H and O–H groups in total. The van der Waals surface area contributed by atoms with Gasteiger partial charge >= 0.3 is 0 Å². The maximum Gasteiger partial charge on any atom is 0.213 e. The maximum absolute atomic E-state index is 11.6. The van der Waals surface area contributed by atoms with Gasteiger partial charge in [-0.05, 0) is 39.5 Å². The number of rotatable bonds is 9. The van der Waals surface area contributed by atoms with Crippen LogP contribution >= 0.6 is 0 Å². The van der Waals surface area contributed by atoms with Crippen LogP contribution in [-0.2, 0) is 19.5 Å². The van der Waals surface area contributed by atoms with E-state index in [1.807, 2.05) is 13.8 Å². The Hall–Kier alpha value is -0.210. The first kappa shape index (κ1) is 17.8. The highest BCUT2D eigenvalue weighted by molar-refractivity contribution is 7.89. The predicted octanol–water partition coefficient (Wildman–Crippen LogP) is 0.617. The molecule has 0 saturated heterocycles. The standard InChI is InChI=1S/C13H28N2O4S/c1-11(2)18-9-10-20(16,17)15-7-8-19-13-5-3-12(14)4-6-13/h11-13,15H,3-10,14H2,1-2H3. The Morgan fingerprint density at radius 3 is 2.45 bits per heavy atom. The van der Waals surface area contributed by atoms with Crippen LogP contribution in [0, 0.1) is 0 Å². The van der Waals surface area contributed by atoms with Gasteiger partial charge in [0, 0.05) is 12.6 Å². The zero-order valence-electron chi connectivity index (χ0n) is 12.5. The van der Waals surface area contributed by atoms with Crippen molar-refractivity contribution in [3.63, 3.8) is 0 Å². The lowest BCUT2D eigenvalue weighted by Gasteiger charge is -2.26. The van der Waals surface area contributed by atoms with Crippen molar-refractivity contribution in [3.05, 3.63) is 0 Å². The summed E-state index contributed by atoms with van der Waals surface area (Å²) in [5.41, 5.74) is 5.82. The zero-order chi connectivity index (χ0) is 15.0. The number of hydrogen-bond donors (Lipinski definition) is 2. The normalized spacial score (nSPS) is 24.2. The van der Waals surface area contributed by atoms with E-state index in [2.05, 4.69) is 4.72 Å². The highest BCUT2D eigenvalue weighted by Crippen LogP contribution is 2.19. The van der Waals surface area contributed by atoms with E-state index in [1.165, 1.54) is 0 Å². The van der Waals surface area contributed by atoms with E-state index in [1.54, 1.807) is 0 Å². The molecule has 0 aliphatic heterocycles. The quantitative estimate of drug-likeness (QED) is 0.609. The molecule has 1 rings (SSSR count). The van der Waals surface area contributed by atoms with E-state index < -0.39 is 10.0 Å². The van der Waals surface area contributed by atoms with Crippen molar-refractivity contribution in [1.29, 1.82) is 0 Å². The average molecular weight is 308 g/mol. The summed E-state index contributed by atoms with van der Waals surface area (Å²) in [6.07, 6.45) is 4.19. The monoisotopic (exact) mass is 308 g/mol. The average Bonchev–Trinajstić information content (AvgIpc) is 2.36. The van der Waals surface area contributed by atoms with Crippen LogP contribution < -0.4 is 10.5 Å². The SMILES string of the molecule is CC(C)OCCS(=O)(=O)NCCOC1CCC(N)CC1. The number of nitrogens with two attached hydrogens (primary N) is 1. The molecule has 0 heterocycles. The fourth-order valence-electron chi connectivity index (χ4n) is 2.14. The molecule has 1 fully saturated rings. The Balaban J connectivity index is 2.07. The molecule has 0 aromatic rings. The highest BCUT2D eigenvalue weighted by atomic mass is 32.2. The summed E-state index contributed by atoms with van der Waals surface area (Å²) >= 11 is 0. The summed E-state index contributed by atoms with van der Waals surface area (Å²) in [5, 5.41) is 0. The lowest BCUT2D eigenvalue weighted by atomic mass is 9.94. The number of ether oxygens (including phenoxy) is 2. The molecule has 1 saturated carbocycles. The van der Waals surface area contributed by atoms with E-state index >= 15 is 0 Å². The van der Waals surface area contributed by atoms with Crippen LogP contribution in [0.4, 0.5) is 0 Å². The van der Waals surface area contributed by atoms with Gasteiger partial charge in [0.1, 0.15) is 0 Å². The van der Waals surface area contributed by atoms with Gasteiger partial charge in [-0.15, -0.1) is 0 Å². The van der Waals surface area contributed by atoms with Gasteiger partial charge < -0.3 is 15.2 Å². The molecular weight excluding hydrogens is 280 g/mol. The van der Waals surface area contributed by atoms with Crippen molar-refractivity contribution in [1.82, 2.24) is 4.72 Å². The molecule has 0 aromatic heterocycles. The number of hydrogen-bond acceptors (Lipinski definition) is 5. The highest BCUT2D eigenvalue weighted by Gasteiger charge is 2.19. The minimum Gasteiger partial charge on any atom is -0.378 e. The lowest BCUT2D eigenvalue weighted by molar-refractivity contribution is 0.0287. The first-order chi connectivity index (χ1) is 9.39. The Labute approximate surface area is 122 Å². The Morgan fingerprint density at radius 2 is 1.85 bits per heavy atom. The van der Waals surface area contributed by atoms with Gasteiger partial charge in [-0.2, -0.15) is 0 Å². The third-order valence-corrected chi connectivity index (χ3v) is 4.65. The number of nitrogens with one attached hydrogen (secondary N) is 1. The molecule has 20 heavy (non-hydrogen) atoms. The molecule has 0 unspecified atom stereocenters. The first-order valence-electron chi connectivity index (χ1n) is 7.35. The van der Waals surface area contributed by atoms with Gasteiger partial charge in [0.25, 0.3) is 0 Å². The third-order valence-electron chi connectivity index (χ3n) is 3.30. The van der Waals surface area contributed by atoms with Crippen LogP contribution in [0.2, 0.25) is 0 Å². The second-order valence-corrected chi connectivity index (χ2v) is 7.47. The second-order valence-electron chi connectivity index (χ2n) is 5.54. The van der Waals surface area contributed by atoms with Gasteiger partial charge in [-0.1, -0.05) is 0 Å². The van der Waals surface area contributed by atoms with Gasteiger partial charge in [0.15, 0.2) is 0 Å². The second kappa shape index (κ2) is 8.94. The molecule has 0 amide bonds. The van der Waals surface area contributed by atoms with E-state index in [0.29, 0.717) is 19.2 Å². The summed E-state index contributed by atoms with van der Waals surface area (Å²) in [5.74, 6) is -0.0105. The molecule has 7 heteroatoms. The molecule has 6 nitrogen and oxygen atoms in total. The van der Waals surface area contributed by atoms with Gasteiger partial charge in [-0.3, -0.25) is 0 Å². The van der Waals surface area contributed by atoms with Gasteiger partial charge in [-0.25, -0.2) is 13.1 Å². The summed E-state index contributed by atoms with van der Waals surface area (Å²) in [6, 6.07) is 0.300. The number of sulfonamides is 1. The van der Waals surface area contributed by atoms with E-state index in [9.17, 15) is 8.42 Å². The summed E-state index contributed by atoms with van der Waals surface area (Å²) in [4.78, 5) is 0. The summed E-state index contributed by atoms with van der Waals surface area (Å²) in [7, 11) is -3.26. The van der Waals surface area contributed by atoms with E-state index in [-0.39, 0.29) is 24.6 Å². The molecular formula is C13H28N2O4S. The fourth-order valence-corrected chi connectivity index (χ4v) is 3.00. The lowest BCUT2D eigenvalue weighted by Crippen LogP contribution is -2.34. The topological polar surface area (TPSA) is 90.7 Å². The minimum atomic E-state index is -3.26. The summed E-state index contributed by atoms with van der Waals surface area (Å²) in [6.45, 7) is 4.69. The van der Waals surface area contributed by atoms with E-state index in [0.717, 1.165) is 25.7 Å². The van der Waals surface area contributed by atoms with E-state index in [4.69, 9.17) is 15.2 Å². The third kappa shape index (κ3) is 8.16. The predicted molar refractivity (Wildman–Crippen MR) is 79.1 cm³/mol. The fraction of sp³-hybridized carbons (Fsp3) is 1.00. The Kier molecular flexibility index (Phi) is 7.98. The smallest absolute Gasteiger partial charge is 0.213 e. The molecule has 120 valence electrons. The van der Waals surface area contributed by atoms with Crippen molar-refractivity contribution < 1.29 is 17.9 Å². The Morgan fingerprint density at radius 1 is 1.20 bits per heavy atom. The summed E-state index contributed by atoms with van der Waals surface area (Å²) < 4.78 is 36.7. The van der Waals surface area contributed by atoms with Crippen molar-refractivity contribution in [3.8, 4) is 0 Å². The van der Waals surface area contributed by atoms with Crippen molar-refractivity contribution in [2.75, 3.05) is 25.5 Å². The molecule has 0 aromatic carbocycles. The molecule has 1 aliphatic carbocycles. The molecule has 0 atom stereocenters. The Bertz CT molecular complexity index is 351. The van der Waals surface area contributed by atoms with Crippen LogP contribution in [0.25, 0.3) is 0 Å². The molecule has 0 spiro atoms. The van der Waals surface area contributed by atoms with Crippen LogP contribution in [0.3, 0.4) is 0 Å². The van der Waals surface area contributed by atoms with Crippen LogP contribution in [-0.4, -0.2) is 52.2 Å². The largest absolute Gasteiger partial charge is 0.378 e.